The van der Waals surface area contributed by atoms with E-state index in [0.717, 1.165) is 5.75 Å². The van der Waals surface area contributed by atoms with Gasteiger partial charge in [0.1, 0.15) is 5.75 Å². The molecule has 0 amide bonds. The van der Waals surface area contributed by atoms with Gasteiger partial charge in [0.05, 0.1) is 7.11 Å². The topological polar surface area (TPSA) is 9.23 Å². The van der Waals surface area contributed by atoms with Gasteiger partial charge in [0, 0.05) is 5.56 Å². The van der Waals surface area contributed by atoms with Crippen LogP contribution in [0.1, 0.15) is 52.7 Å². The first-order chi connectivity index (χ1) is 14.1. The molecule has 0 N–H and O–H groups in total. The molecule has 0 aliphatic heterocycles. The maximum Gasteiger partial charge on any atom is 0.123 e. The first kappa shape index (κ1) is 20.5. The van der Waals surface area contributed by atoms with Crippen molar-refractivity contribution < 1.29 is 4.74 Å². The van der Waals surface area contributed by atoms with Crippen molar-refractivity contribution in [1.82, 2.24) is 0 Å². The van der Waals surface area contributed by atoms with E-state index in [1.165, 1.54) is 43.8 Å². The number of benzene rings is 4. The minimum atomic E-state index is 0.0108. The summed E-state index contributed by atoms with van der Waals surface area (Å²) < 4.78 is 5.86. The maximum atomic E-state index is 5.86. The lowest BCUT2D eigenvalue weighted by Crippen LogP contribution is -2.14. The fraction of sp³-hybridized carbons (Fsp3) is 0.310. The van der Waals surface area contributed by atoms with Crippen molar-refractivity contribution in [2.24, 2.45) is 0 Å². The fourth-order valence-corrected chi connectivity index (χ4v) is 4.26. The van der Waals surface area contributed by atoms with Crippen LogP contribution in [0.5, 0.6) is 5.75 Å². The molecule has 30 heavy (non-hydrogen) atoms. The van der Waals surface area contributed by atoms with Gasteiger partial charge in [-0.2, -0.15) is 0 Å². The zero-order valence-corrected chi connectivity index (χ0v) is 19.3. The molecule has 0 atom stereocenters. The van der Waals surface area contributed by atoms with Crippen molar-refractivity contribution in [3.05, 3.63) is 77.9 Å². The van der Waals surface area contributed by atoms with Crippen LogP contribution in [0.25, 0.3) is 32.7 Å². The highest BCUT2D eigenvalue weighted by atomic mass is 16.5. The number of fused-ring (bicyclic) bond motifs is 2. The van der Waals surface area contributed by atoms with Crippen molar-refractivity contribution in [1.29, 1.82) is 0 Å². The summed E-state index contributed by atoms with van der Waals surface area (Å²) in [5.74, 6) is 0.958. The Hall–Kier alpha value is -2.80. The predicted octanol–water partition coefficient (Wildman–Crippen LogP) is 8.26. The molecule has 0 spiro atoms. The Balaban J connectivity index is 2.14. The third-order valence-electron chi connectivity index (χ3n) is 6.03. The molecule has 0 saturated heterocycles. The van der Waals surface area contributed by atoms with E-state index in [1.54, 1.807) is 7.11 Å². The average Bonchev–Trinajstić information content (AvgIpc) is 2.70. The zero-order chi connectivity index (χ0) is 21.7. The summed E-state index contributed by atoms with van der Waals surface area (Å²) in [4.78, 5) is 0. The van der Waals surface area contributed by atoms with Gasteiger partial charge in [0.2, 0.25) is 0 Å². The second kappa shape index (κ2) is 7.16. The summed E-state index contributed by atoms with van der Waals surface area (Å²) >= 11 is 0. The zero-order valence-electron chi connectivity index (χ0n) is 19.3. The van der Waals surface area contributed by atoms with Crippen molar-refractivity contribution in [2.45, 2.75) is 52.4 Å². The van der Waals surface area contributed by atoms with Gasteiger partial charge in [-0.15, -0.1) is 0 Å². The SMILES string of the molecule is COc1cc2c(-c3cccc4ccccc34)cc(C(C)(C)C)cc2cc1C(C)(C)C. The number of methoxy groups -OCH3 is 1. The highest BCUT2D eigenvalue weighted by Crippen LogP contribution is 2.42. The molecule has 154 valence electrons. The molecule has 0 aliphatic carbocycles. The highest BCUT2D eigenvalue weighted by molar-refractivity contribution is 6.06. The molecule has 4 aromatic carbocycles. The normalized spacial score (nSPS) is 12.5. The molecule has 4 rings (SSSR count). The maximum absolute atomic E-state index is 5.86. The van der Waals surface area contributed by atoms with Crippen molar-refractivity contribution >= 4 is 21.5 Å². The first-order valence-corrected chi connectivity index (χ1v) is 10.7. The van der Waals surface area contributed by atoms with Crippen LogP contribution in [0, 0.1) is 0 Å². The summed E-state index contributed by atoms with van der Waals surface area (Å²) in [6.07, 6.45) is 0. The molecule has 0 aromatic heterocycles. The predicted molar refractivity (Wildman–Crippen MR) is 131 cm³/mol. The lowest BCUT2D eigenvalue weighted by molar-refractivity contribution is 0.398. The number of rotatable bonds is 2. The fourth-order valence-electron chi connectivity index (χ4n) is 4.26. The molecule has 0 fully saturated rings. The lowest BCUT2D eigenvalue weighted by atomic mass is 9.80. The summed E-state index contributed by atoms with van der Waals surface area (Å²) in [5, 5.41) is 5.06. The number of ether oxygens (including phenoxy) is 1. The van der Waals surface area contributed by atoms with Crippen molar-refractivity contribution in [2.75, 3.05) is 7.11 Å². The van der Waals surface area contributed by atoms with Gasteiger partial charge in [0.15, 0.2) is 0 Å². The van der Waals surface area contributed by atoms with E-state index < -0.39 is 0 Å². The van der Waals surface area contributed by atoms with Crippen LogP contribution in [0.3, 0.4) is 0 Å². The van der Waals surface area contributed by atoms with Crippen LogP contribution >= 0.6 is 0 Å². The standard InChI is InChI=1S/C29H32O/c1-28(2,3)21-15-20-16-26(29(4,5)6)27(30-7)18-24(20)25(17-21)23-14-10-12-19-11-8-9-13-22(19)23/h8-18H,1-7H3. The molecular weight excluding hydrogens is 364 g/mol. The molecule has 0 heterocycles. The van der Waals surface area contributed by atoms with E-state index in [9.17, 15) is 0 Å². The molecule has 4 aromatic rings. The van der Waals surface area contributed by atoms with Crippen LogP contribution in [0.15, 0.2) is 66.7 Å². The summed E-state index contributed by atoms with van der Waals surface area (Å²) in [5.41, 5.74) is 5.21. The Kier molecular flexibility index (Phi) is 4.89. The monoisotopic (exact) mass is 396 g/mol. The highest BCUT2D eigenvalue weighted by Gasteiger charge is 2.23. The van der Waals surface area contributed by atoms with Crippen LogP contribution in [-0.4, -0.2) is 7.11 Å². The smallest absolute Gasteiger partial charge is 0.123 e. The van der Waals surface area contributed by atoms with E-state index in [1.807, 2.05) is 0 Å². The summed E-state index contributed by atoms with van der Waals surface area (Å²) in [6, 6.07) is 24.5. The minimum absolute atomic E-state index is 0.0108. The van der Waals surface area contributed by atoms with Crippen LogP contribution < -0.4 is 4.74 Å². The van der Waals surface area contributed by atoms with Gasteiger partial charge in [-0.3, -0.25) is 0 Å². The second-order valence-electron chi connectivity index (χ2n) is 10.3. The number of hydrogen-bond acceptors (Lipinski definition) is 1. The van der Waals surface area contributed by atoms with E-state index in [4.69, 9.17) is 4.74 Å². The van der Waals surface area contributed by atoms with Gasteiger partial charge in [-0.05, 0) is 67.3 Å². The summed E-state index contributed by atoms with van der Waals surface area (Å²) in [7, 11) is 1.78. The molecule has 1 nitrogen and oxygen atoms in total. The van der Waals surface area contributed by atoms with E-state index in [2.05, 4.69) is 108 Å². The molecule has 0 saturated carbocycles. The summed E-state index contributed by atoms with van der Waals surface area (Å²) in [6.45, 7) is 13.6. The van der Waals surface area contributed by atoms with Crippen molar-refractivity contribution in [3.8, 4) is 16.9 Å². The molecular formula is C29H32O. The van der Waals surface area contributed by atoms with E-state index in [0.29, 0.717) is 0 Å². The van der Waals surface area contributed by atoms with Gasteiger partial charge in [0.25, 0.3) is 0 Å². The molecule has 1 heteroatoms. The number of hydrogen-bond donors (Lipinski definition) is 0. The Morgan fingerprint density at radius 3 is 1.97 bits per heavy atom. The second-order valence-corrected chi connectivity index (χ2v) is 10.3. The van der Waals surface area contributed by atoms with Crippen LogP contribution in [-0.2, 0) is 10.8 Å². The lowest BCUT2D eigenvalue weighted by Gasteiger charge is -2.26. The first-order valence-electron chi connectivity index (χ1n) is 10.7. The molecule has 0 radical (unpaired) electrons. The Labute approximate surface area is 180 Å². The van der Waals surface area contributed by atoms with Gasteiger partial charge >= 0.3 is 0 Å². The Bertz CT molecular complexity index is 1230. The molecule has 0 unspecified atom stereocenters. The third-order valence-corrected chi connectivity index (χ3v) is 6.03. The average molecular weight is 397 g/mol. The van der Waals surface area contributed by atoms with Gasteiger partial charge in [-0.1, -0.05) is 90.1 Å². The van der Waals surface area contributed by atoms with E-state index >= 15 is 0 Å². The van der Waals surface area contributed by atoms with Crippen molar-refractivity contribution in [3.63, 3.8) is 0 Å². The van der Waals surface area contributed by atoms with Crippen LogP contribution in [0.4, 0.5) is 0 Å². The largest absolute Gasteiger partial charge is 0.496 e. The van der Waals surface area contributed by atoms with Crippen LogP contribution in [0.2, 0.25) is 0 Å². The molecule has 0 aliphatic rings. The Morgan fingerprint density at radius 2 is 1.30 bits per heavy atom. The van der Waals surface area contributed by atoms with Gasteiger partial charge in [-0.25, -0.2) is 0 Å². The quantitative estimate of drug-likeness (QED) is 0.331. The molecule has 0 bridgehead atoms. The van der Waals surface area contributed by atoms with Gasteiger partial charge < -0.3 is 4.74 Å². The Morgan fingerprint density at radius 1 is 0.600 bits per heavy atom. The van der Waals surface area contributed by atoms with E-state index in [-0.39, 0.29) is 10.8 Å². The minimum Gasteiger partial charge on any atom is -0.496 e. The third kappa shape index (κ3) is 3.58.